The molecule has 1 saturated carbocycles. The third kappa shape index (κ3) is 3.55. The minimum Gasteiger partial charge on any atom is -0.469 e. The molecule has 0 heterocycles. The van der Waals surface area contributed by atoms with Gasteiger partial charge in [-0.2, -0.15) is 0 Å². The van der Waals surface area contributed by atoms with E-state index in [4.69, 9.17) is 9.47 Å². The molecule has 0 aliphatic heterocycles. The Labute approximate surface area is 130 Å². The first kappa shape index (κ1) is 17.9. The molecule has 0 aromatic heterocycles. The Balaban J connectivity index is 2.97. The number of hydrogen-bond donors (Lipinski definition) is 0. The molecular formula is C16H22O6. The molecule has 1 rings (SSSR count). The van der Waals surface area contributed by atoms with Crippen molar-refractivity contribution in [2.45, 2.75) is 19.3 Å². The average molecular weight is 310 g/mol. The Bertz CT molecular complexity index is 463. The highest BCUT2D eigenvalue weighted by molar-refractivity contribution is 6.00. The van der Waals surface area contributed by atoms with Crippen molar-refractivity contribution in [1.82, 2.24) is 0 Å². The summed E-state index contributed by atoms with van der Waals surface area (Å²) >= 11 is 0. The van der Waals surface area contributed by atoms with Crippen LogP contribution in [0.4, 0.5) is 0 Å². The molecule has 0 N–H and O–H groups in total. The Morgan fingerprint density at radius 2 is 1.59 bits per heavy atom. The van der Waals surface area contributed by atoms with Crippen LogP contribution in [0.3, 0.4) is 0 Å². The summed E-state index contributed by atoms with van der Waals surface area (Å²) in [4.78, 5) is 35.4. The van der Waals surface area contributed by atoms with E-state index >= 15 is 0 Å². The summed E-state index contributed by atoms with van der Waals surface area (Å²) in [7, 11) is 3.81. The van der Waals surface area contributed by atoms with Crippen molar-refractivity contribution in [1.29, 1.82) is 0 Å². The maximum atomic E-state index is 12.1. The van der Waals surface area contributed by atoms with Gasteiger partial charge in [0.2, 0.25) is 0 Å². The smallest absolute Gasteiger partial charge is 0.323 e. The minimum atomic E-state index is -1.32. The quantitative estimate of drug-likeness (QED) is 0.321. The van der Waals surface area contributed by atoms with Crippen LogP contribution in [-0.4, -0.2) is 39.2 Å². The minimum absolute atomic E-state index is 0.0768. The molecule has 0 unspecified atom stereocenters. The number of carbonyl (C=O) groups is 3. The Hall–Kier alpha value is -2.11. The zero-order chi connectivity index (χ0) is 16.8. The monoisotopic (exact) mass is 310 g/mol. The molecule has 1 fully saturated rings. The molecule has 2 atom stereocenters. The van der Waals surface area contributed by atoms with Crippen LogP contribution in [-0.2, 0) is 28.6 Å². The zero-order valence-corrected chi connectivity index (χ0v) is 13.2. The molecule has 0 radical (unpaired) electrons. The molecule has 22 heavy (non-hydrogen) atoms. The zero-order valence-electron chi connectivity index (χ0n) is 13.2. The fourth-order valence-electron chi connectivity index (χ4n) is 2.89. The van der Waals surface area contributed by atoms with Gasteiger partial charge in [0.1, 0.15) is 0 Å². The van der Waals surface area contributed by atoms with Crippen LogP contribution < -0.4 is 0 Å². The van der Waals surface area contributed by atoms with Gasteiger partial charge in [0.15, 0.2) is 5.41 Å². The van der Waals surface area contributed by atoms with Crippen LogP contribution in [0.1, 0.15) is 19.3 Å². The number of allylic oxidation sites excluding steroid dienone is 2. The molecule has 1 aliphatic rings. The van der Waals surface area contributed by atoms with Crippen LogP contribution in [0.15, 0.2) is 24.8 Å². The largest absolute Gasteiger partial charge is 0.469 e. The van der Waals surface area contributed by atoms with Gasteiger partial charge in [-0.05, 0) is 24.7 Å². The first-order valence-corrected chi connectivity index (χ1v) is 6.98. The second kappa shape index (κ2) is 7.77. The molecule has 1 aliphatic carbocycles. The fourth-order valence-corrected chi connectivity index (χ4v) is 2.89. The summed E-state index contributed by atoms with van der Waals surface area (Å²) in [6, 6.07) is 0. The third-order valence-electron chi connectivity index (χ3n) is 4.07. The Morgan fingerprint density at radius 1 is 1.05 bits per heavy atom. The van der Waals surface area contributed by atoms with E-state index in [0.717, 1.165) is 0 Å². The molecule has 0 saturated heterocycles. The predicted octanol–water partition coefficient (Wildman–Crippen LogP) is 1.65. The van der Waals surface area contributed by atoms with Crippen molar-refractivity contribution >= 4 is 17.9 Å². The van der Waals surface area contributed by atoms with Gasteiger partial charge in [0.25, 0.3) is 0 Å². The van der Waals surface area contributed by atoms with E-state index in [9.17, 15) is 14.4 Å². The molecule has 122 valence electrons. The maximum Gasteiger partial charge on any atom is 0.323 e. The maximum absolute atomic E-state index is 12.1. The highest BCUT2D eigenvalue weighted by Crippen LogP contribution is 2.48. The SMILES string of the molecule is C=C[C@@H]1CC(C(=O)OC)(C(=O)OC)C[C@@H]1/C=C\CC(=O)OC. The molecular weight excluding hydrogens is 288 g/mol. The van der Waals surface area contributed by atoms with Gasteiger partial charge < -0.3 is 14.2 Å². The topological polar surface area (TPSA) is 78.9 Å². The summed E-state index contributed by atoms with van der Waals surface area (Å²) in [5.74, 6) is -1.73. The molecule has 0 amide bonds. The second-order valence-electron chi connectivity index (χ2n) is 5.25. The molecule has 6 nitrogen and oxygen atoms in total. The van der Waals surface area contributed by atoms with E-state index in [2.05, 4.69) is 11.3 Å². The van der Waals surface area contributed by atoms with Crippen LogP contribution >= 0.6 is 0 Å². The Kier molecular flexibility index (Phi) is 6.34. The lowest BCUT2D eigenvalue weighted by Gasteiger charge is -2.22. The molecule has 6 heteroatoms. The summed E-state index contributed by atoms with van der Waals surface area (Å²) in [5, 5.41) is 0. The summed E-state index contributed by atoms with van der Waals surface area (Å²) < 4.78 is 14.1. The lowest BCUT2D eigenvalue weighted by Crippen LogP contribution is -2.39. The number of ether oxygens (including phenoxy) is 3. The Morgan fingerprint density at radius 3 is 2.05 bits per heavy atom. The molecule has 0 aromatic carbocycles. The van der Waals surface area contributed by atoms with E-state index < -0.39 is 17.4 Å². The summed E-state index contributed by atoms with van der Waals surface area (Å²) in [6.07, 6.45) is 5.89. The van der Waals surface area contributed by atoms with Gasteiger partial charge >= 0.3 is 17.9 Å². The van der Waals surface area contributed by atoms with Gasteiger partial charge in [0.05, 0.1) is 27.8 Å². The molecule has 0 bridgehead atoms. The van der Waals surface area contributed by atoms with Crippen LogP contribution in [0.2, 0.25) is 0 Å². The third-order valence-corrected chi connectivity index (χ3v) is 4.07. The van der Waals surface area contributed by atoms with Crippen molar-refractivity contribution in [3.05, 3.63) is 24.8 Å². The van der Waals surface area contributed by atoms with Gasteiger partial charge in [-0.1, -0.05) is 18.2 Å². The van der Waals surface area contributed by atoms with Gasteiger partial charge in [0, 0.05) is 0 Å². The lowest BCUT2D eigenvalue weighted by molar-refractivity contribution is -0.169. The van der Waals surface area contributed by atoms with Crippen LogP contribution in [0.25, 0.3) is 0 Å². The van der Waals surface area contributed by atoms with E-state index in [1.54, 1.807) is 12.2 Å². The normalized spacial score (nSPS) is 23.0. The number of esters is 3. The highest BCUT2D eigenvalue weighted by atomic mass is 16.5. The van der Waals surface area contributed by atoms with Crippen LogP contribution in [0.5, 0.6) is 0 Å². The van der Waals surface area contributed by atoms with Gasteiger partial charge in [-0.15, -0.1) is 6.58 Å². The number of carbonyl (C=O) groups excluding carboxylic acids is 3. The highest BCUT2D eigenvalue weighted by Gasteiger charge is 2.56. The number of methoxy groups -OCH3 is 3. The van der Waals surface area contributed by atoms with Crippen molar-refractivity contribution in [3.8, 4) is 0 Å². The van der Waals surface area contributed by atoms with E-state index in [-0.39, 0.29) is 37.1 Å². The van der Waals surface area contributed by atoms with E-state index in [1.165, 1.54) is 21.3 Å². The summed E-state index contributed by atoms with van der Waals surface area (Å²) in [6.45, 7) is 3.76. The molecule has 0 aromatic rings. The summed E-state index contributed by atoms with van der Waals surface area (Å²) in [5.41, 5.74) is -1.32. The van der Waals surface area contributed by atoms with Gasteiger partial charge in [-0.25, -0.2) is 0 Å². The van der Waals surface area contributed by atoms with E-state index in [0.29, 0.717) is 0 Å². The van der Waals surface area contributed by atoms with Crippen LogP contribution in [0, 0.1) is 17.3 Å². The fraction of sp³-hybridized carbons (Fsp3) is 0.562. The van der Waals surface area contributed by atoms with Gasteiger partial charge in [-0.3, -0.25) is 14.4 Å². The van der Waals surface area contributed by atoms with E-state index in [1.807, 2.05) is 6.08 Å². The van der Waals surface area contributed by atoms with Crippen molar-refractivity contribution in [2.75, 3.05) is 21.3 Å². The standard InChI is InChI=1S/C16H22O6/c1-5-11-9-16(14(18)21-3,15(19)22-4)10-12(11)7-6-8-13(17)20-2/h5-7,11-12H,1,8-10H2,2-4H3/b7-6-/t11-,12+/m1/s1. The number of hydrogen-bond acceptors (Lipinski definition) is 6. The molecule has 0 spiro atoms. The van der Waals surface area contributed by atoms with Crippen molar-refractivity contribution in [2.24, 2.45) is 17.3 Å². The first-order chi connectivity index (χ1) is 10.4. The van der Waals surface area contributed by atoms with Crippen molar-refractivity contribution in [3.63, 3.8) is 0 Å². The van der Waals surface area contributed by atoms with Crippen molar-refractivity contribution < 1.29 is 28.6 Å². The average Bonchev–Trinajstić information content (AvgIpc) is 2.93. The predicted molar refractivity (Wildman–Crippen MR) is 78.6 cm³/mol. The second-order valence-corrected chi connectivity index (χ2v) is 5.25. The lowest BCUT2D eigenvalue weighted by atomic mass is 9.85. The first-order valence-electron chi connectivity index (χ1n) is 6.98. The number of rotatable bonds is 6.